The smallest absolute Gasteiger partial charge is 0.243 e. The van der Waals surface area contributed by atoms with Crippen molar-refractivity contribution in [3.05, 3.63) is 42.5 Å². The summed E-state index contributed by atoms with van der Waals surface area (Å²) in [5.74, 6) is -1.14. The molecule has 1 aliphatic heterocycles. The quantitative estimate of drug-likeness (QED) is 0.543. The van der Waals surface area contributed by atoms with E-state index in [0.717, 1.165) is 0 Å². The minimum Gasteiger partial charge on any atom is -0.495 e. The molecule has 1 atom stereocenters. The molecule has 3 amide bonds. The first-order valence-electron chi connectivity index (χ1n) is 11.3. The zero-order valence-corrected chi connectivity index (χ0v) is 21.0. The number of sulfonamides is 1. The number of carbonyl (C=O) groups is 3. The van der Waals surface area contributed by atoms with Crippen LogP contribution in [-0.2, 0) is 24.4 Å². The Morgan fingerprint density at radius 3 is 2.31 bits per heavy atom. The highest BCUT2D eigenvalue weighted by Gasteiger charge is 2.35. The average molecular weight is 503 g/mol. The van der Waals surface area contributed by atoms with E-state index >= 15 is 0 Å². The molecule has 2 aromatic rings. The fourth-order valence-corrected chi connectivity index (χ4v) is 5.44. The maximum atomic E-state index is 13.0. The third kappa shape index (κ3) is 5.80. The summed E-state index contributed by atoms with van der Waals surface area (Å²) in [5.41, 5.74) is 1.44. The fourth-order valence-electron chi connectivity index (χ4n) is 3.95. The minimum absolute atomic E-state index is 0.0129. The monoisotopic (exact) mass is 502 g/mol. The molecule has 0 bridgehead atoms. The molecule has 0 saturated carbocycles. The number of nitrogens with one attached hydrogen (secondary N) is 2. The van der Waals surface area contributed by atoms with E-state index in [2.05, 4.69) is 10.6 Å². The molecule has 0 aliphatic carbocycles. The molecule has 0 spiro atoms. The number of rotatable bonds is 9. The molecule has 188 valence electrons. The molecule has 1 saturated heterocycles. The van der Waals surface area contributed by atoms with Crippen molar-refractivity contribution in [3.8, 4) is 5.75 Å². The van der Waals surface area contributed by atoms with Crippen LogP contribution in [-0.4, -0.2) is 57.2 Å². The van der Waals surface area contributed by atoms with Crippen LogP contribution < -0.4 is 20.3 Å². The predicted octanol–water partition coefficient (Wildman–Crippen LogP) is 2.68. The van der Waals surface area contributed by atoms with E-state index in [0.29, 0.717) is 30.2 Å². The predicted molar refractivity (Wildman–Crippen MR) is 133 cm³/mol. The van der Waals surface area contributed by atoms with Gasteiger partial charge in [-0.1, -0.05) is 13.8 Å². The number of amides is 3. The number of benzene rings is 2. The number of hydrogen-bond donors (Lipinski definition) is 2. The highest BCUT2D eigenvalue weighted by molar-refractivity contribution is 7.89. The van der Waals surface area contributed by atoms with E-state index in [1.165, 1.54) is 41.4 Å². The summed E-state index contributed by atoms with van der Waals surface area (Å²) >= 11 is 0. The van der Waals surface area contributed by atoms with Crippen LogP contribution >= 0.6 is 0 Å². The first-order chi connectivity index (χ1) is 16.6. The summed E-state index contributed by atoms with van der Waals surface area (Å²) in [6.07, 6.45) is 0.0129. The van der Waals surface area contributed by atoms with Crippen LogP contribution in [0.4, 0.5) is 17.1 Å². The molecule has 3 rings (SSSR count). The van der Waals surface area contributed by atoms with Gasteiger partial charge in [-0.15, -0.1) is 0 Å². The van der Waals surface area contributed by atoms with Gasteiger partial charge in [0.1, 0.15) is 5.75 Å². The number of carbonyl (C=O) groups excluding carboxylic acids is 3. The molecule has 1 unspecified atom stereocenters. The van der Waals surface area contributed by atoms with Gasteiger partial charge in [0, 0.05) is 44.4 Å². The molecule has 1 fully saturated rings. The van der Waals surface area contributed by atoms with Crippen molar-refractivity contribution in [1.29, 1.82) is 0 Å². The lowest BCUT2D eigenvalue weighted by Crippen LogP contribution is -2.31. The Hall–Kier alpha value is -3.44. The number of ether oxygens (including phenoxy) is 1. The van der Waals surface area contributed by atoms with Crippen LogP contribution in [0.2, 0.25) is 0 Å². The van der Waals surface area contributed by atoms with Crippen LogP contribution in [0.15, 0.2) is 47.4 Å². The molecule has 35 heavy (non-hydrogen) atoms. The zero-order valence-electron chi connectivity index (χ0n) is 20.2. The van der Waals surface area contributed by atoms with Crippen LogP contribution in [0.1, 0.15) is 27.2 Å². The molecule has 2 aromatic carbocycles. The minimum atomic E-state index is -3.73. The summed E-state index contributed by atoms with van der Waals surface area (Å²) in [6.45, 7) is 5.72. The number of nitrogens with zero attached hydrogens (tertiary/aromatic N) is 2. The van der Waals surface area contributed by atoms with Crippen LogP contribution in [0, 0.1) is 5.92 Å². The molecular formula is C24H30N4O6S. The maximum absolute atomic E-state index is 13.0. The van der Waals surface area contributed by atoms with Crippen LogP contribution in [0.3, 0.4) is 0 Å². The summed E-state index contributed by atoms with van der Waals surface area (Å²) < 4.78 is 32.5. The van der Waals surface area contributed by atoms with Gasteiger partial charge in [-0.3, -0.25) is 14.4 Å². The van der Waals surface area contributed by atoms with E-state index in [4.69, 9.17) is 4.74 Å². The Morgan fingerprint density at radius 2 is 1.74 bits per heavy atom. The lowest BCUT2D eigenvalue weighted by Gasteiger charge is -2.20. The maximum Gasteiger partial charge on any atom is 0.243 e. The number of anilines is 3. The normalized spacial score (nSPS) is 15.9. The van der Waals surface area contributed by atoms with Gasteiger partial charge in [0.15, 0.2) is 0 Å². The molecule has 0 radical (unpaired) electrons. The molecular weight excluding hydrogens is 472 g/mol. The Morgan fingerprint density at radius 1 is 1.09 bits per heavy atom. The highest BCUT2D eigenvalue weighted by atomic mass is 32.2. The molecule has 1 heterocycles. The van der Waals surface area contributed by atoms with E-state index in [-0.39, 0.29) is 35.4 Å². The van der Waals surface area contributed by atoms with Crippen LogP contribution in [0.25, 0.3) is 0 Å². The fraction of sp³-hybridized carbons (Fsp3) is 0.375. The zero-order chi connectivity index (χ0) is 25.8. The second kappa shape index (κ2) is 10.9. The molecule has 10 nitrogen and oxygen atoms in total. The topological polar surface area (TPSA) is 125 Å². The Balaban J connectivity index is 1.77. The highest BCUT2D eigenvalue weighted by Crippen LogP contribution is 2.31. The number of methoxy groups -OCH3 is 1. The molecule has 11 heteroatoms. The van der Waals surface area contributed by atoms with Gasteiger partial charge < -0.3 is 20.3 Å². The van der Waals surface area contributed by atoms with Crippen molar-refractivity contribution in [2.75, 3.05) is 42.3 Å². The second-order valence-electron chi connectivity index (χ2n) is 8.07. The van der Waals surface area contributed by atoms with Crippen molar-refractivity contribution in [1.82, 2.24) is 4.31 Å². The summed E-state index contributed by atoms with van der Waals surface area (Å²) in [7, 11) is -2.30. The summed E-state index contributed by atoms with van der Waals surface area (Å²) in [4.78, 5) is 38.4. The standard InChI is InChI=1S/C24H30N4O6S/c1-5-27(6-2)35(32,33)20-11-12-22(34-4)21(14-20)26-24(31)17-13-23(30)28(15-17)19-9-7-18(8-10-19)25-16(3)29/h7-12,14,17H,5-6,13,15H2,1-4H3,(H,25,29)(H,26,31). The van der Waals surface area contributed by atoms with Gasteiger partial charge in [0.05, 0.1) is 23.6 Å². The van der Waals surface area contributed by atoms with Crippen LogP contribution in [0.5, 0.6) is 5.75 Å². The van der Waals surface area contributed by atoms with Gasteiger partial charge in [0.25, 0.3) is 0 Å². The Labute approximate surface area is 205 Å². The Bertz CT molecular complexity index is 1210. The van der Waals surface area contributed by atoms with Crippen molar-refractivity contribution >= 4 is 44.8 Å². The summed E-state index contributed by atoms with van der Waals surface area (Å²) in [6, 6.07) is 11.1. The van der Waals surface area contributed by atoms with Gasteiger partial charge in [-0.25, -0.2) is 8.42 Å². The van der Waals surface area contributed by atoms with E-state index in [9.17, 15) is 22.8 Å². The second-order valence-corrected chi connectivity index (χ2v) is 10.0. The van der Waals surface area contributed by atoms with E-state index in [1.54, 1.807) is 38.1 Å². The first kappa shape index (κ1) is 26.2. The average Bonchev–Trinajstić information content (AvgIpc) is 3.21. The van der Waals surface area contributed by atoms with Crippen molar-refractivity contribution < 1.29 is 27.5 Å². The van der Waals surface area contributed by atoms with Gasteiger partial charge in [-0.2, -0.15) is 4.31 Å². The molecule has 0 aromatic heterocycles. The molecule has 1 aliphatic rings. The lowest BCUT2D eigenvalue weighted by molar-refractivity contribution is -0.122. The lowest BCUT2D eigenvalue weighted by atomic mass is 10.1. The third-order valence-electron chi connectivity index (χ3n) is 5.77. The van der Waals surface area contributed by atoms with Crippen molar-refractivity contribution in [2.45, 2.75) is 32.1 Å². The van der Waals surface area contributed by atoms with Gasteiger partial charge in [0.2, 0.25) is 27.7 Å². The van der Waals surface area contributed by atoms with Gasteiger partial charge in [-0.05, 0) is 42.5 Å². The van der Waals surface area contributed by atoms with E-state index < -0.39 is 21.8 Å². The largest absolute Gasteiger partial charge is 0.495 e. The van der Waals surface area contributed by atoms with Crippen molar-refractivity contribution in [3.63, 3.8) is 0 Å². The summed E-state index contributed by atoms with van der Waals surface area (Å²) in [5, 5.41) is 5.40. The Kier molecular flexibility index (Phi) is 8.13. The van der Waals surface area contributed by atoms with Gasteiger partial charge >= 0.3 is 0 Å². The number of hydrogen-bond acceptors (Lipinski definition) is 6. The SMILES string of the molecule is CCN(CC)S(=O)(=O)c1ccc(OC)c(NC(=O)C2CC(=O)N(c3ccc(NC(C)=O)cc3)C2)c1. The third-order valence-corrected chi connectivity index (χ3v) is 7.81. The van der Waals surface area contributed by atoms with E-state index in [1.807, 2.05) is 0 Å². The van der Waals surface area contributed by atoms with Crippen molar-refractivity contribution in [2.24, 2.45) is 5.92 Å². The first-order valence-corrected chi connectivity index (χ1v) is 12.7. The molecule has 2 N–H and O–H groups in total.